The van der Waals surface area contributed by atoms with Gasteiger partial charge in [0.2, 0.25) is 5.91 Å². The Bertz CT molecular complexity index is 1320. The number of amides is 1. The van der Waals surface area contributed by atoms with Crippen molar-refractivity contribution in [3.63, 3.8) is 0 Å². The predicted octanol–water partition coefficient (Wildman–Crippen LogP) is 22.0. The van der Waals surface area contributed by atoms with Gasteiger partial charge in [0, 0.05) is 6.42 Å². The van der Waals surface area contributed by atoms with Crippen molar-refractivity contribution < 1.29 is 39.8 Å². The van der Waals surface area contributed by atoms with Gasteiger partial charge in [-0.05, 0) is 12.8 Å². The molecule has 9 heteroatoms. The van der Waals surface area contributed by atoms with Crippen LogP contribution in [0.5, 0.6) is 0 Å². The van der Waals surface area contributed by atoms with E-state index < -0.39 is 49.5 Å². The molecule has 0 saturated carbocycles. The Morgan fingerprint density at radius 1 is 0.349 bits per heavy atom. The van der Waals surface area contributed by atoms with Crippen molar-refractivity contribution in [1.29, 1.82) is 0 Å². The number of carbonyl (C=O) groups excluding carboxylic acids is 1. The van der Waals surface area contributed by atoms with Crippen molar-refractivity contribution >= 4 is 5.91 Å². The number of carbonyl (C=O) groups is 1. The summed E-state index contributed by atoms with van der Waals surface area (Å²) in [6, 6.07) is -0.715. The highest BCUT2D eigenvalue weighted by molar-refractivity contribution is 5.76. The average molecular weight is 1220 g/mol. The third-order valence-electron chi connectivity index (χ3n) is 19.5. The van der Waals surface area contributed by atoms with Gasteiger partial charge in [-0.25, -0.2) is 0 Å². The highest BCUT2D eigenvalue weighted by Gasteiger charge is 2.44. The van der Waals surface area contributed by atoms with Gasteiger partial charge in [-0.15, -0.1) is 0 Å². The minimum atomic E-state index is -1.55. The molecule has 1 heterocycles. The van der Waals surface area contributed by atoms with Gasteiger partial charge >= 0.3 is 0 Å². The Morgan fingerprint density at radius 2 is 0.581 bits per heavy atom. The van der Waals surface area contributed by atoms with Gasteiger partial charge in [-0.2, -0.15) is 0 Å². The normalized spacial score (nSPS) is 17.9. The van der Waals surface area contributed by atoms with E-state index in [9.17, 15) is 30.3 Å². The Kier molecular flexibility index (Phi) is 64.9. The van der Waals surface area contributed by atoms with Crippen molar-refractivity contribution in [2.24, 2.45) is 0 Å². The standard InChI is InChI=1S/C77H153NO8/c1-3-5-7-9-11-13-15-17-19-21-23-25-27-28-29-30-31-32-33-34-35-36-37-38-39-40-41-42-43-44-45-47-49-51-53-55-57-59-61-63-65-67-73(81)78-70(69-85-77-76(84)75(83)74(82)72(68-79)86-77)71(80)66-64-62-60-58-56-54-52-50-48-46-26-24-22-20-18-16-14-12-10-8-6-4-2/h70-72,74-77,79-80,82-84H,3-69H2,1-2H3,(H,78,81). The number of rotatable bonds is 71. The topological polar surface area (TPSA) is 149 Å². The molecule has 0 aromatic carbocycles. The lowest BCUT2D eigenvalue weighted by atomic mass is 9.99. The fraction of sp³-hybridized carbons (Fsp3) is 0.987. The number of hydrogen-bond donors (Lipinski definition) is 6. The fourth-order valence-electron chi connectivity index (χ4n) is 13.3. The fourth-order valence-corrected chi connectivity index (χ4v) is 13.3. The van der Waals surface area contributed by atoms with Crippen LogP contribution in [-0.2, 0) is 14.3 Å². The van der Waals surface area contributed by atoms with Crippen molar-refractivity contribution in [3.8, 4) is 0 Å². The molecule has 0 bridgehead atoms. The first-order valence-electron chi connectivity index (χ1n) is 39.2. The SMILES string of the molecule is CCCCCCCCCCCCCCCCCCCCCCCCCCCCCCCCCCCCCCCCCCCC(=O)NC(COC1OC(CO)C(O)C(O)C1O)C(O)CCCCCCCCCCCCCCCCCCCCCCCC. The molecule has 0 aliphatic carbocycles. The lowest BCUT2D eigenvalue weighted by Crippen LogP contribution is -2.60. The second-order valence-electron chi connectivity index (χ2n) is 27.9. The molecule has 1 amide bonds. The van der Waals surface area contributed by atoms with Gasteiger partial charge in [-0.1, -0.05) is 412 Å². The molecular weight excluding hydrogens is 1070 g/mol. The average Bonchev–Trinajstić information content (AvgIpc) is 2.36. The number of unbranched alkanes of at least 4 members (excludes halogenated alkanes) is 61. The van der Waals surface area contributed by atoms with Gasteiger partial charge in [0.15, 0.2) is 6.29 Å². The molecule has 514 valence electrons. The Hall–Kier alpha value is -0.810. The monoisotopic (exact) mass is 1220 g/mol. The maximum Gasteiger partial charge on any atom is 0.220 e. The van der Waals surface area contributed by atoms with Gasteiger partial charge in [0.1, 0.15) is 24.4 Å². The molecule has 1 aliphatic rings. The Morgan fingerprint density at radius 3 is 0.826 bits per heavy atom. The van der Waals surface area contributed by atoms with Crippen LogP contribution in [0.1, 0.15) is 431 Å². The lowest BCUT2D eigenvalue weighted by Gasteiger charge is -2.40. The lowest BCUT2D eigenvalue weighted by molar-refractivity contribution is -0.302. The van der Waals surface area contributed by atoms with E-state index in [0.29, 0.717) is 12.8 Å². The molecule has 86 heavy (non-hydrogen) atoms. The number of hydrogen-bond acceptors (Lipinski definition) is 8. The Labute approximate surface area is 535 Å². The summed E-state index contributed by atoms with van der Waals surface area (Å²) in [5.74, 6) is -0.132. The van der Waals surface area contributed by atoms with E-state index in [1.807, 2.05) is 0 Å². The largest absolute Gasteiger partial charge is 0.394 e. The zero-order valence-electron chi connectivity index (χ0n) is 57.9. The van der Waals surface area contributed by atoms with Crippen molar-refractivity contribution in [3.05, 3.63) is 0 Å². The Balaban J connectivity index is 2.00. The number of nitrogens with one attached hydrogen (secondary N) is 1. The zero-order chi connectivity index (χ0) is 62.1. The van der Waals surface area contributed by atoms with Crippen LogP contribution in [0.4, 0.5) is 0 Å². The molecule has 7 unspecified atom stereocenters. The summed E-state index contributed by atoms with van der Waals surface area (Å²) in [4.78, 5) is 13.2. The molecule has 1 fully saturated rings. The van der Waals surface area contributed by atoms with Crippen molar-refractivity contribution in [1.82, 2.24) is 5.32 Å². The quantitative estimate of drug-likeness (QED) is 0.0330. The summed E-state index contributed by atoms with van der Waals surface area (Å²) in [5, 5.41) is 55.0. The van der Waals surface area contributed by atoms with Crippen molar-refractivity contribution in [2.45, 2.75) is 474 Å². The molecule has 9 nitrogen and oxygen atoms in total. The van der Waals surface area contributed by atoms with E-state index in [-0.39, 0.29) is 12.5 Å². The van der Waals surface area contributed by atoms with Crippen LogP contribution >= 0.6 is 0 Å². The summed E-state index contributed by atoms with van der Waals surface area (Å²) in [6.45, 7) is 3.91. The molecule has 1 saturated heterocycles. The maximum absolute atomic E-state index is 13.2. The molecule has 0 aromatic heterocycles. The van der Waals surface area contributed by atoms with Gasteiger partial charge < -0.3 is 40.3 Å². The minimum absolute atomic E-state index is 0.130. The summed E-state index contributed by atoms with van der Waals surface area (Å²) in [5.41, 5.74) is 0. The van der Waals surface area contributed by atoms with Crippen molar-refractivity contribution in [2.75, 3.05) is 13.2 Å². The number of aliphatic hydroxyl groups excluding tert-OH is 5. The third kappa shape index (κ3) is 54.9. The van der Waals surface area contributed by atoms with E-state index in [0.717, 1.165) is 38.5 Å². The molecule has 6 N–H and O–H groups in total. The first kappa shape index (κ1) is 83.2. The molecule has 1 rings (SSSR count). The van der Waals surface area contributed by atoms with E-state index in [1.165, 1.54) is 366 Å². The third-order valence-corrected chi connectivity index (χ3v) is 19.5. The highest BCUT2D eigenvalue weighted by atomic mass is 16.7. The second kappa shape index (κ2) is 67.1. The van der Waals surface area contributed by atoms with Crippen LogP contribution < -0.4 is 5.32 Å². The highest BCUT2D eigenvalue weighted by Crippen LogP contribution is 2.24. The molecule has 0 radical (unpaired) electrons. The summed E-state index contributed by atoms with van der Waals surface area (Å²) >= 11 is 0. The predicted molar refractivity (Wildman–Crippen MR) is 369 cm³/mol. The molecule has 1 aliphatic heterocycles. The summed E-state index contributed by atoms with van der Waals surface area (Å²) in [6.07, 6.45) is 79.4. The van der Waals surface area contributed by atoms with E-state index in [4.69, 9.17) is 9.47 Å². The van der Waals surface area contributed by atoms with Crippen LogP contribution in [0.3, 0.4) is 0 Å². The molecule has 0 aromatic rings. The van der Waals surface area contributed by atoms with Gasteiger partial charge in [0.25, 0.3) is 0 Å². The van der Waals surface area contributed by atoms with Crippen LogP contribution in [-0.4, -0.2) is 87.5 Å². The second-order valence-corrected chi connectivity index (χ2v) is 27.9. The van der Waals surface area contributed by atoms with E-state index >= 15 is 0 Å². The van der Waals surface area contributed by atoms with Crippen LogP contribution in [0, 0.1) is 0 Å². The molecule has 7 atom stereocenters. The number of aliphatic hydroxyl groups is 5. The first-order valence-corrected chi connectivity index (χ1v) is 39.2. The minimum Gasteiger partial charge on any atom is -0.394 e. The van der Waals surface area contributed by atoms with Crippen LogP contribution in [0.15, 0.2) is 0 Å². The smallest absolute Gasteiger partial charge is 0.220 e. The summed E-state index contributed by atoms with van der Waals surface area (Å²) in [7, 11) is 0. The van der Waals surface area contributed by atoms with Gasteiger partial charge in [-0.3, -0.25) is 4.79 Å². The number of ether oxygens (including phenoxy) is 2. The molecule has 0 spiro atoms. The molecular formula is C77H153NO8. The van der Waals surface area contributed by atoms with E-state index in [2.05, 4.69) is 19.2 Å². The van der Waals surface area contributed by atoms with Crippen LogP contribution in [0.25, 0.3) is 0 Å². The first-order chi connectivity index (χ1) is 42.3. The zero-order valence-corrected chi connectivity index (χ0v) is 57.9. The van der Waals surface area contributed by atoms with E-state index in [1.54, 1.807) is 0 Å². The van der Waals surface area contributed by atoms with Crippen LogP contribution in [0.2, 0.25) is 0 Å². The van der Waals surface area contributed by atoms with Gasteiger partial charge in [0.05, 0.1) is 25.4 Å². The summed E-state index contributed by atoms with van der Waals surface area (Å²) < 4.78 is 11.4. The maximum atomic E-state index is 13.2.